The topological polar surface area (TPSA) is 87.7 Å². The van der Waals surface area contributed by atoms with E-state index in [2.05, 4.69) is 10.6 Å². The third kappa shape index (κ3) is 5.31. The quantitative estimate of drug-likeness (QED) is 0.392. The van der Waals surface area contributed by atoms with Crippen molar-refractivity contribution < 1.29 is 19.1 Å². The number of hydrogen-bond acceptors (Lipinski definition) is 5. The number of hydrogen-bond donors (Lipinski definition) is 2. The highest BCUT2D eigenvalue weighted by Gasteiger charge is 2.39. The summed E-state index contributed by atoms with van der Waals surface area (Å²) in [5, 5.41) is 5.69. The lowest BCUT2D eigenvalue weighted by molar-refractivity contribution is -0.120. The zero-order valence-corrected chi connectivity index (χ0v) is 20.4. The number of ether oxygens (including phenoxy) is 1. The van der Waals surface area contributed by atoms with Gasteiger partial charge in [-0.2, -0.15) is 0 Å². The Morgan fingerprint density at radius 3 is 2.11 bits per heavy atom. The highest BCUT2D eigenvalue weighted by Crippen LogP contribution is 2.34. The van der Waals surface area contributed by atoms with Gasteiger partial charge in [-0.05, 0) is 74.5 Å². The standard InChI is InChI=1S/C26H21Cl2N3O4/c1-15(2)35-19-13-11-18(12-14-19)30-24(32)16-7-9-17(10-8-16)29-23-22(28)25(33)31(26(23)34)21-6-4-3-5-20(21)27/h3-15,29H,1-2H3,(H,30,32). The minimum Gasteiger partial charge on any atom is -0.491 e. The number of carbonyl (C=O) groups is 3. The van der Waals surface area contributed by atoms with E-state index in [0.29, 0.717) is 16.9 Å². The number of nitrogens with zero attached hydrogens (tertiary/aromatic N) is 1. The monoisotopic (exact) mass is 509 g/mol. The minimum atomic E-state index is -0.673. The number of rotatable bonds is 7. The molecule has 0 fully saturated rings. The zero-order valence-electron chi connectivity index (χ0n) is 18.8. The molecule has 0 saturated carbocycles. The molecule has 0 aromatic heterocycles. The molecule has 3 aromatic rings. The third-order valence-corrected chi connectivity index (χ3v) is 5.69. The largest absolute Gasteiger partial charge is 0.491 e. The average molecular weight is 510 g/mol. The molecule has 7 nitrogen and oxygen atoms in total. The number of amides is 3. The Labute approximate surface area is 212 Å². The molecule has 0 bridgehead atoms. The predicted octanol–water partition coefficient (Wildman–Crippen LogP) is 5.82. The molecule has 1 heterocycles. The maximum absolute atomic E-state index is 12.9. The van der Waals surface area contributed by atoms with E-state index in [1.165, 1.54) is 0 Å². The van der Waals surface area contributed by atoms with Crippen molar-refractivity contribution in [3.05, 3.63) is 94.1 Å². The van der Waals surface area contributed by atoms with E-state index in [4.69, 9.17) is 27.9 Å². The van der Waals surface area contributed by atoms with Crippen LogP contribution in [0.1, 0.15) is 24.2 Å². The zero-order chi connectivity index (χ0) is 25.1. The summed E-state index contributed by atoms with van der Waals surface area (Å²) in [5.74, 6) is -0.884. The van der Waals surface area contributed by atoms with E-state index in [0.717, 1.165) is 10.6 Å². The lowest BCUT2D eigenvalue weighted by Gasteiger charge is -2.16. The molecule has 1 aliphatic rings. The first kappa shape index (κ1) is 24.3. The fourth-order valence-corrected chi connectivity index (χ4v) is 3.84. The van der Waals surface area contributed by atoms with Crippen molar-refractivity contribution in [2.24, 2.45) is 0 Å². The van der Waals surface area contributed by atoms with Crippen LogP contribution in [-0.2, 0) is 9.59 Å². The SMILES string of the molecule is CC(C)Oc1ccc(NC(=O)c2ccc(NC3=C(Cl)C(=O)N(c4ccccc4Cl)C3=O)cc2)cc1. The van der Waals surface area contributed by atoms with Gasteiger partial charge in [0.2, 0.25) is 0 Å². The molecule has 0 spiro atoms. The number of anilines is 3. The maximum Gasteiger partial charge on any atom is 0.283 e. The normalized spacial score (nSPS) is 13.5. The van der Waals surface area contributed by atoms with Crippen LogP contribution in [0.15, 0.2) is 83.5 Å². The summed E-state index contributed by atoms with van der Waals surface area (Å²) in [7, 11) is 0. The summed E-state index contributed by atoms with van der Waals surface area (Å²) < 4.78 is 5.60. The molecule has 0 atom stereocenters. The highest BCUT2D eigenvalue weighted by molar-refractivity contribution is 6.53. The van der Waals surface area contributed by atoms with Crippen LogP contribution >= 0.6 is 23.2 Å². The van der Waals surface area contributed by atoms with Crippen molar-refractivity contribution in [3.63, 3.8) is 0 Å². The van der Waals surface area contributed by atoms with E-state index in [1.807, 2.05) is 13.8 Å². The van der Waals surface area contributed by atoms with Gasteiger partial charge in [0.25, 0.3) is 17.7 Å². The van der Waals surface area contributed by atoms with Crippen molar-refractivity contribution in [3.8, 4) is 5.75 Å². The minimum absolute atomic E-state index is 0.0602. The molecule has 0 saturated heterocycles. The fraction of sp³-hybridized carbons (Fsp3) is 0.115. The van der Waals surface area contributed by atoms with Crippen LogP contribution in [0, 0.1) is 0 Å². The van der Waals surface area contributed by atoms with Crippen molar-refractivity contribution in [2.75, 3.05) is 15.5 Å². The van der Waals surface area contributed by atoms with Gasteiger partial charge in [0.15, 0.2) is 0 Å². The molecular weight excluding hydrogens is 489 g/mol. The number of halogens is 2. The summed E-state index contributed by atoms with van der Waals surface area (Å²) in [6.07, 6.45) is 0.0602. The van der Waals surface area contributed by atoms with Crippen LogP contribution in [0.3, 0.4) is 0 Å². The average Bonchev–Trinajstić information content (AvgIpc) is 3.04. The van der Waals surface area contributed by atoms with Gasteiger partial charge in [-0.15, -0.1) is 0 Å². The van der Waals surface area contributed by atoms with Crippen molar-refractivity contribution in [1.29, 1.82) is 0 Å². The molecule has 35 heavy (non-hydrogen) atoms. The second-order valence-corrected chi connectivity index (χ2v) is 8.72. The lowest BCUT2D eigenvalue weighted by Crippen LogP contribution is -2.32. The summed E-state index contributed by atoms with van der Waals surface area (Å²) in [4.78, 5) is 39.1. The summed E-state index contributed by atoms with van der Waals surface area (Å²) in [6, 6.07) is 20.0. The maximum atomic E-state index is 12.9. The Morgan fingerprint density at radius 1 is 0.857 bits per heavy atom. The van der Waals surface area contributed by atoms with Gasteiger partial charge in [-0.3, -0.25) is 14.4 Å². The highest BCUT2D eigenvalue weighted by atomic mass is 35.5. The van der Waals surface area contributed by atoms with E-state index in [1.54, 1.807) is 72.8 Å². The predicted molar refractivity (Wildman–Crippen MR) is 137 cm³/mol. The Kier molecular flexibility index (Phi) is 7.10. The van der Waals surface area contributed by atoms with E-state index < -0.39 is 11.8 Å². The Hall–Kier alpha value is -3.81. The van der Waals surface area contributed by atoms with Crippen molar-refractivity contribution in [2.45, 2.75) is 20.0 Å². The smallest absolute Gasteiger partial charge is 0.283 e. The first-order valence-corrected chi connectivity index (χ1v) is 11.5. The van der Waals surface area contributed by atoms with Crippen LogP contribution in [0.5, 0.6) is 5.75 Å². The molecule has 0 unspecified atom stereocenters. The lowest BCUT2D eigenvalue weighted by atomic mass is 10.2. The molecule has 0 radical (unpaired) electrons. The summed E-state index contributed by atoms with van der Waals surface area (Å²) >= 11 is 12.3. The van der Waals surface area contributed by atoms with Gasteiger partial charge in [-0.1, -0.05) is 35.3 Å². The first-order chi connectivity index (χ1) is 16.7. The summed E-state index contributed by atoms with van der Waals surface area (Å²) in [5.41, 5.74) is 1.68. The van der Waals surface area contributed by atoms with E-state index in [9.17, 15) is 14.4 Å². The van der Waals surface area contributed by atoms with Crippen LogP contribution in [-0.4, -0.2) is 23.8 Å². The van der Waals surface area contributed by atoms with Crippen LogP contribution in [0.2, 0.25) is 5.02 Å². The van der Waals surface area contributed by atoms with Gasteiger partial charge < -0.3 is 15.4 Å². The van der Waals surface area contributed by atoms with Crippen molar-refractivity contribution in [1.82, 2.24) is 0 Å². The number of nitrogens with one attached hydrogen (secondary N) is 2. The van der Waals surface area contributed by atoms with E-state index in [-0.39, 0.29) is 33.5 Å². The molecular formula is C26H21Cl2N3O4. The second kappa shape index (κ2) is 10.2. The Bertz CT molecular complexity index is 1320. The molecule has 1 aliphatic heterocycles. The first-order valence-electron chi connectivity index (χ1n) is 10.7. The fourth-order valence-electron chi connectivity index (χ4n) is 3.40. The second-order valence-electron chi connectivity index (χ2n) is 7.93. The van der Waals surface area contributed by atoms with E-state index >= 15 is 0 Å². The third-order valence-electron chi connectivity index (χ3n) is 5.02. The molecule has 9 heteroatoms. The van der Waals surface area contributed by atoms with Crippen molar-refractivity contribution >= 4 is 58.0 Å². The Balaban J connectivity index is 1.43. The molecule has 3 amide bonds. The van der Waals surface area contributed by atoms with Crippen LogP contribution < -0.4 is 20.3 Å². The molecule has 4 rings (SSSR count). The number of carbonyl (C=O) groups excluding carboxylic acids is 3. The number of imide groups is 1. The van der Waals surface area contributed by atoms with Gasteiger partial charge >= 0.3 is 0 Å². The molecule has 0 aliphatic carbocycles. The number of para-hydroxylation sites is 1. The number of benzene rings is 3. The molecule has 178 valence electrons. The van der Waals surface area contributed by atoms with Gasteiger partial charge in [0, 0.05) is 16.9 Å². The Morgan fingerprint density at radius 2 is 1.49 bits per heavy atom. The van der Waals surface area contributed by atoms with Gasteiger partial charge in [0.05, 0.1) is 16.8 Å². The van der Waals surface area contributed by atoms with Gasteiger partial charge in [-0.25, -0.2) is 4.90 Å². The summed E-state index contributed by atoms with van der Waals surface area (Å²) in [6.45, 7) is 3.88. The molecule has 2 N–H and O–H groups in total. The van der Waals surface area contributed by atoms with Crippen LogP contribution in [0.4, 0.5) is 17.1 Å². The molecule has 3 aromatic carbocycles. The van der Waals surface area contributed by atoms with Crippen LogP contribution in [0.25, 0.3) is 0 Å². The van der Waals surface area contributed by atoms with Gasteiger partial charge in [0.1, 0.15) is 16.5 Å².